The van der Waals surface area contributed by atoms with Crippen molar-refractivity contribution in [1.82, 2.24) is 0 Å². The molecule has 2 aliphatic rings. The van der Waals surface area contributed by atoms with Gasteiger partial charge in [-0.15, -0.1) is 0 Å². The second kappa shape index (κ2) is 9.94. The van der Waals surface area contributed by atoms with Gasteiger partial charge < -0.3 is 23.7 Å². The van der Waals surface area contributed by atoms with Crippen molar-refractivity contribution in [3.63, 3.8) is 0 Å². The molecular formula is C25H28O7. The van der Waals surface area contributed by atoms with Gasteiger partial charge in [-0.2, -0.15) is 0 Å². The molecule has 1 aliphatic heterocycles. The summed E-state index contributed by atoms with van der Waals surface area (Å²) in [6.45, 7) is 0.508. The van der Waals surface area contributed by atoms with E-state index < -0.39 is 0 Å². The summed E-state index contributed by atoms with van der Waals surface area (Å²) in [5.74, 6) is 1.34. The van der Waals surface area contributed by atoms with Crippen LogP contribution in [0.3, 0.4) is 0 Å². The number of cyclic esters (lactones) is 1. The molecule has 1 saturated carbocycles. The first-order valence-corrected chi connectivity index (χ1v) is 10.9. The number of carbonyl (C=O) groups excluding carboxylic acids is 2. The van der Waals surface area contributed by atoms with Crippen molar-refractivity contribution in [3.05, 3.63) is 41.5 Å². The molecule has 0 unspecified atom stereocenters. The minimum atomic E-state index is -0.334. The lowest BCUT2D eigenvalue weighted by atomic mass is 9.95. The Balaban J connectivity index is 1.53. The Labute approximate surface area is 187 Å². The molecule has 2 aromatic rings. The van der Waals surface area contributed by atoms with Crippen LogP contribution in [-0.4, -0.2) is 39.4 Å². The van der Waals surface area contributed by atoms with E-state index in [1.54, 1.807) is 19.2 Å². The molecule has 1 fully saturated rings. The van der Waals surface area contributed by atoms with E-state index in [1.165, 1.54) is 20.0 Å². The van der Waals surface area contributed by atoms with Crippen molar-refractivity contribution >= 4 is 11.9 Å². The monoisotopic (exact) mass is 440 g/mol. The van der Waals surface area contributed by atoms with Crippen LogP contribution in [0.2, 0.25) is 0 Å². The van der Waals surface area contributed by atoms with Crippen molar-refractivity contribution in [1.29, 1.82) is 0 Å². The molecule has 32 heavy (non-hydrogen) atoms. The standard InChI is InChI=1S/C25H28O7/c1-28-21-11-10-18(17-8-5-9-19-20(17)15-32-25(19)27)23(24(21)29-2)31-13-12-30-22(26)14-16-6-3-4-7-16/h5,8-11,16H,3-4,6-7,12-15H2,1-2H3. The van der Waals surface area contributed by atoms with Gasteiger partial charge in [-0.3, -0.25) is 4.79 Å². The summed E-state index contributed by atoms with van der Waals surface area (Å²) in [4.78, 5) is 24.1. The molecule has 7 nitrogen and oxygen atoms in total. The minimum absolute atomic E-state index is 0.139. The molecule has 0 aromatic heterocycles. The van der Waals surface area contributed by atoms with E-state index in [2.05, 4.69) is 0 Å². The lowest BCUT2D eigenvalue weighted by Gasteiger charge is -2.19. The molecule has 0 saturated heterocycles. The van der Waals surface area contributed by atoms with E-state index in [-0.39, 0.29) is 31.8 Å². The third-order valence-corrected chi connectivity index (χ3v) is 6.06. The quantitative estimate of drug-likeness (QED) is 0.418. The molecular weight excluding hydrogens is 412 g/mol. The van der Waals surface area contributed by atoms with E-state index in [4.69, 9.17) is 23.7 Å². The molecule has 0 radical (unpaired) electrons. The first-order chi connectivity index (χ1) is 15.6. The molecule has 1 heterocycles. The van der Waals surface area contributed by atoms with Gasteiger partial charge in [0.1, 0.15) is 19.8 Å². The Morgan fingerprint density at radius 1 is 0.969 bits per heavy atom. The Morgan fingerprint density at radius 3 is 2.50 bits per heavy atom. The zero-order chi connectivity index (χ0) is 22.5. The molecule has 0 atom stereocenters. The Kier molecular flexibility index (Phi) is 6.83. The second-order valence-electron chi connectivity index (χ2n) is 8.01. The van der Waals surface area contributed by atoms with Crippen LogP contribution < -0.4 is 14.2 Å². The van der Waals surface area contributed by atoms with Gasteiger partial charge in [0.25, 0.3) is 0 Å². The van der Waals surface area contributed by atoms with Gasteiger partial charge in [0.05, 0.1) is 19.8 Å². The van der Waals surface area contributed by atoms with Crippen molar-refractivity contribution in [2.75, 3.05) is 27.4 Å². The fourth-order valence-electron chi connectivity index (χ4n) is 4.46. The summed E-state index contributed by atoms with van der Waals surface area (Å²) in [6, 6.07) is 9.13. The molecule has 2 aromatic carbocycles. The fraction of sp³-hybridized carbons (Fsp3) is 0.440. The predicted octanol–water partition coefficient (Wildman–Crippen LogP) is 4.54. The molecule has 170 valence electrons. The summed E-state index contributed by atoms with van der Waals surface area (Å²) in [7, 11) is 3.09. The van der Waals surface area contributed by atoms with Crippen LogP contribution in [0.5, 0.6) is 17.2 Å². The number of carbonyl (C=O) groups is 2. The highest BCUT2D eigenvalue weighted by Crippen LogP contribution is 2.46. The highest BCUT2D eigenvalue weighted by Gasteiger charge is 2.27. The molecule has 4 rings (SSSR count). The zero-order valence-corrected chi connectivity index (χ0v) is 18.5. The summed E-state index contributed by atoms with van der Waals surface area (Å²) in [5, 5.41) is 0. The smallest absolute Gasteiger partial charge is 0.338 e. The minimum Gasteiger partial charge on any atom is -0.493 e. The maximum Gasteiger partial charge on any atom is 0.338 e. The number of fused-ring (bicyclic) bond motifs is 1. The first kappa shape index (κ1) is 22.0. The molecule has 7 heteroatoms. The lowest BCUT2D eigenvalue weighted by molar-refractivity contribution is -0.145. The number of hydrogen-bond acceptors (Lipinski definition) is 7. The average molecular weight is 440 g/mol. The van der Waals surface area contributed by atoms with E-state index in [1.807, 2.05) is 18.2 Å². The largest absolute Gasteiger partial charge is 0.493 e. The number of rotatable bonds is 9. The van der Waals surface area contributed by atoms with Crippen LogP contribution in [0.15, 0.2) is 30.3 Å². The molecule has 0 amide bonds. The molecule has 0 bridgehead atoms. The van der Waals surface area contributed by atoms with Gasteiger partial charge in [-0.05, 0) is 42.5 Å². The van der Waals surface area contributed by atoms with E-state index in [0.29, 0.717) is 35.2 Å². The number of esters is 2. The normalized spacial score (nSPS) is 15.2. The van der Waals surface area contributed by atoms with Crippen molar-refractivity contribution < 1.29 is 33.3 Å². The number of ether oxygens (including phenoxy) is 5. The summed E-state index contributed by atoms with van der Waals surface area (Å²) in [6.07, 6.45) is 5.06. The van der Waals surface area contributed by atoms with Crippen LogP contribution in [0, 0.1) is 5.92 Å². The van der Waals surface area contributed by atoms with Crippen LogP contribution in [0.4, 0.5) is 0 Å². The lowest BCUT2D eigenvalue weighted by Crippen LogP contribution is -2.15. The van der Waals surface area contributed by atoms with Crippen molar-refractivity contribution in [3.8, 4) is 28.4 Å². The van der Waals surface area contributed by atoms with Crippen molar-refractivity contribution in [2.24, 2.45) is 5.92 Å². The Bertz CT molecular complexity index is 992. The van der Waals surface area contributed by atoms with Gasteiger partial charge in [-0.1, -0.05) is 25.0 Å². The van der Waals surface area contributed by atoms with Crippen LogP contribution in [0.25, 0.3) is 11.1 Å². The average Bonchev–Trinajstić information content (AvgIpc) is 3.46. The SMILES string of the molecule is COc1ccc(-c2cccc3c2COC3=O)c(OCCOC(=O)CC2CCCC2)c1OC. The molecule has 1 aliphatic carbocycles. The number of benzene rings is 2. The second-order valence-corrected chi connectivity index (χ2v) is 8.01. The maximum absolute atomic E-state index is 12.1. The zero-order valence-electron chi connectivity index (χ0n) is 18.5. The summed E-state index contributed by atoms with van der Waals surface area (Å²) >= 11 is 0. The Hall–Kier alpha value is -3.22. The van der Waals surface area contributed by atoms with Crippen molar-refractivity contribution in [2.45, 2.75) is 38.7 Å². The third kappa shape index (κ3) is 4.52. The third-order valence-electron chi connectivity index (χ3n) is 6.06. The van der Waals surface area contributed by atoms with Gasteiger partial charge in [0.15, 0.2) is 11.5 Å². The highest BCUT2D eigenvalue weighted by molar-refractivity contribution is 5.96. The van der Waals surface area contributed by atoms with E-state index >= 15 is 0 Å². The molecule has 0 N–H and O–H groups in total. The summed E-state index contributed by atoms with van der Waals surface area (Å²) < 4.78 is 27.7. The highest BCUT2D eigenvalue weighted by atomic mass is 16.6. The number of hydrogen-bond donors (Lipinski definition) is 0. The maximum atomic E-state index is 12.1. The van der Waals surface area contributed by atoms with Gasteiger partial charge in [0.2, 0.25) is 5.75 Å². The van der Waals surface area contributed by atoms with Crippen LogP contribution in [-0.2, 0) is 20.9 Å². The van der Waals surface area contributed by atoms with Crippen LogP contribution in [0.1, 0.15) is 48.0 Å². The van der Waals surface area contributed by atoms with Gasteiger partial charge in [0, 0.05) is 17.5 Å². The first-order valence-electron chi connectivity index (χ1n) is 10.9. The predicted molar refractivity (Wildman–Crippen MR) is 117 cm³/mol. The van der Waals surface area contributed by atoms with Gasteiger partial charge in [-0.25, -0.2) is 4.79 Å². The topological polar surface area (TPSA) is 80.3 Å². The van der Waals surface area contributed by atoms with Gasteiger partial charge >= 0.3 is 11.9 Å². The van der Waals surface area contributed by atoms with E-state index in [0.717, 1.165) is 29.5 Å². The Morgan fingerprint density at radius 2 is 1.75 bits per heavy atom. The molecule has 0 spiro atoms. The van der Waals surface area contributed by atoms with E-state index in [9.17, 15) is 9.59 Å². The fourth-order valence-corrected chi connectivity index (χ4v) is 4.46. The number of methoxy groups -OCH3 is 2. The summed E-state index contributed by atoms with van der Waals surface area (Å²) in [5.41, 5.74) is 2.92. The van der Waals surface area contributed by atoms with Crippen LogP contribution >= 0.6 is 0 Å².